The van der Waals surface area contributed by atoms with Gasteiger partial charge in [0.2, 0.25) is 5.91 Å². The second kappa shape index (κ2) is 8.29. The number of aromatic hydroxyl groups is 1. The monoisotopic (exact) mass is 354 g/mol. The van der Waals surface area contributed by atoms with Crippen molar-refractivity contribution in [2.24, 2.45) is 0 Å². The maximum atomic E-state index is 12.4. The van der Waals surface area contributed by atoms with E-state index in [-0.39, 0.29) is 24.0 Å². The predicted octanol–water partition coefficient (Wildman–Crippen LogP) is 2.44. The molecule has 0 bridgehead atoms. The Morgan fingerprint density at radius 1 is 1.04 bits per heavy atom. The standard InChI is InChI=1S/C20H22N2O4/c1-13-6-4-5-7-19(13)22(15(3)24)12-18(14(2)23)21-20(26)16-8-10-17(25)11-9-16/h4-11,18,25H,12H2,1-3H3,(H,21,26). The van der Waals surface area contributed by atoms with E-state index < -0.39 is 11.9 Å². The summed E-state index contributed by atoms with van der Waals surface area (Å²) >= 11 is 0. The molecule has 0 aliphatic carbocycles. The Kier molecular flexibility index (Phi) is 6.11. The number of hydrogen-bond acceptors (Lipinski definition) is 4. The van der Waals surface area contributed by atoms with Gasteiger partial charge in [-0.3, -0.25) is 14.4 Å². The van der Waals surface area contributed by atoms with E-state index in [2.05, 4.69) is 5.32 Å². The van der Waals surface area contributed by atoms with E-state index in [1.807, 2.05) is 25.1 Å². The quantitative estimate of drug-likeness (QED) is 0.834. The van der Waals surface area contributed by atoms with Crippen molar-refractivity contribution in [3.8, 4) is 5.75 Å². The second-order valence-electron chi connectivity index (χ2n) is 6.10. The summed E-state index contributed by atoms with van der Waals surface area (Å²) in [4.78, 5) is 38.0. The van der Waals surface area contributed by atoms with Crippen molar-refractivity contribution >= 4 is 23.3 Å². The van der Waals surface area contributed by atoms with Crippen LogP contribution in [0.15, 0.2) is 48.5 Å². The molecule has 0 aromatic heterocycles. The third-order valence-electron chi connectivity index (χ3n) is 4.08. The number of ketones is 1. The van der Waals surface area contributed by atoms with Crippen LogP contribution in [-0.4, -0.2) is 35.3 Å². The van der Waals surface area contributed by atoms with Gasteiger partial charge in [0.05, 0.1) is 6.54 Å². The molecular formula is C20H22N2O4. The number of para-hydroxylation sites is 1. The molecule has 2 rings (SSSR count). The minimum Gasteiger partial charge on any atom is -0.508 e. The highest BCUT2D eigenvalue weighted by Gasteiger charge is 2.24. The van der Waals surface area contributed by atoms with Crippen molar-refractivity contribution in [3.63, 3.8) is 0 Å². The number of phenols is 1. The minimum atomic E-state index is -0.847. The summed E-state index contributed by atoms with van der Waals surface area (Å²) in [6.45, 7) is 4.71. The molecule has 2 aromatic rings. The number of hydrogen-bond donors (Lipinski definition) is 2. The molecule has 0 saturated carbocycles. The van der Waals surface area contributed by atoms with Gasteiger partial charge in [-0.15, -0.1) is 0 Å². The number of nitrogens with zero attached hydrogens (tertiary/aromatic N) is 1. The van der Waals surface area contributed by atoms with Gasteiger partial charge >= 0.3 is 0 Å². The molecule has 26 heavy (non-hydrogen) atoms. The number of rotatable bonds is 6. The number of phenolic OH excluding ortho intramolecular Hbond substituents is 1. The van der Waals surface area contributed by atoms with Crippen LogP contribution in [0, 0.1) is 6.92 Å². The van der Waals surface area contributed by atoms with Crippen LogP contribution in [0.1, 0.15) is 29.8 Å². The average Bonchev–Trinajstić information content (AvgIpc) is 2.59. The van der Waals surface area contributed by atoms with Gasteiger partial charge in [-0.25, -0.2) is 0 Å². The number of nitrogens with one attached hydrogen (secondary N) is 1. The zero-order chi connectivity index (χ0) is 19.3. The molecule has 2 aromatic carbocycles. The first-order chi connectivity index (χ1) is 12.3. The van der Waals surface area contributed by atoms with Crippen molar-refractivity contribution in [3.05, 3.63) is 59.7 Å². The highest BCUT2D eigenvalue weighted by atomic mass is 16.3. The first-order valence-corrected chi connectivity index (χ1v) is 8.23. The van der Waals surface area contributed by atoms with E-state index in [1.165, 1.54) is 43.0 Å². The first-order valence-electron chi connectivity index (χ1n) is 8.23. The van der Waals surface area contributed by atoms with E-state index >= 15 is 0 Å². The van der Waals surface area contributed by atoms with Crippen molar-refractivity contribution in [2.45, 2.75) is 26.8 Å². The lowest BCUT2D eigenvalue weighted by molar-refractivity contribution is -0.119. The molecule has 0 aliphatic heterocycles. The van der Waals surface area contributed by atoms with Crippen LogP contribution in [-0.2, 0) is 9.59 Å². The van der Waals surface area contributed by atoms with Crippen LogP contribution in [0.25, 0.3) is 0 Å². The summed E-state index contributed by atoms with van der Waals surface area (Å²) in [5.41, 5.74) is 1.92. The van der Waals surface area contributed by atoms with E-state index in [0.717, 1.165) is 5.56 Å². The molecule has 0 radical (unpaired) electrons. The van der Waals surface area contributed by atoms with Crippen LogP contribution < -0.4 is 10.2 Å². The van der Waals surface area contributed by atoms with Crippen LogP contribution >= 0.6 is 0 Å². The largest absolute Gasteiger partial charge is 0.508 e. The summed E-state index contributed by atoms with van der Waals surface area (Å²) < 4.78 is 0. The number of benzene rings is 2. The molecule has 0 aliphatic rings. The summed E-state index contributed by atoms with van der Waals surface area (Å²) in [5.74, 6) is -0.869. The third kappa shape index (κ3) is 4.69. The van der Waals surface area contributed by atoms with Crippen molar-refractivity contribution in [2.75, 3.05) is 11.4 Å². The molecular weight excluding hydrogens is 332 g/mol. The molecule has 0 fully saturated rings. The molecule has 6 heteroatoms. The van der Waals surface area contributed by atoms with Gasteiger partial charge in [0.1, 0.15) is 11.8 Å². The van der Waals surface area contributed by atoms with Gasteiger partial charge in [-0.05, 0) is 49.7 Å². The third-order valence-corrected chi connectivity index (χ3v) is 4.08. The Labute approximate surface area is 152 Å². The maximum Gasteiger partial charge on any atom is 0.251 e. The molecule has 136 valence electrons. The fourth-order valence-electron chi connectivity index (χ4n) is 2.58. The van der Waals surface area contributed by atoms with Crippen molar-refractivity contribution in [1.29, 1.82) is 0 Å². The molecule has 1 atom stereocenters. The van der Waals surface area contributed by atoms with Crippen LogP contribution in [0.4, 0.5) is 5.69 Å². The number of amides is 2. The normalized spacial score (nSPS) is 11.5. The van der Waals surface area contributed by atoms with Crippen LogP contribution in [0.5, 0.6) is 5.75 Å². The van der Waals surface area contributed by atoms with E-state index in [4.69, 9.17) is 0 Å². The Bertz CT molecular complexity index is 815. The highest BCUT2D eigenvalue weighted by Crippen LogP contribution is 2.20. The highest BCUT2D eigenvalue weighted by molar-refractivity contribution is 5.99. The Hall–Kier alpha value is -3.15. The summed E-state index contributed by atoms with van der Waals surface area (Å²) in [6.07, 6.45) is 0. The first kappa shape index (κ1) is 19.2. The van der Waals surface area contributed by atoms with Crippen molar-refractivity contribution in [1.82, 2.24) is 5.32 Å². The minimum absolute atomic E-state index is 0.0410. The van der Waals surface area contributed by atoms with Gasteiger partial charge in [0.15, 0.2) is 5.78 Å². The smallest absolute Gasteiger partial charge is 0.251 e. The maximum absolute atomic E-state index is 12.4. The SMILES string of the molecule is CC(=O)C(CN(C(C)=O)c1ccccc1C)NC(=O)c1ccc(O)cc1. The molecule has 6 nitrogen and oxygen atoms in total. The van der Waals surface area contributed by atoms with E-state index in [9.17, 15) is 19.5 Å². The Balaban J connectivity index is 2.21. The number of carbonyl (C=O) groups excluding carboxylic acids is 3. The van der Waals surface area contributed by atoms with Gasteiger partial charge in [-0.2, -0.15) is 0 Å². The number of aryl methyl sites for hydroxylation is 1. The Morgan fingerprint density at radius 2 is 1.65 bits per heavy atom. The van der Waals surface area contributed by atoms with Crippen LogP contribution in [0.3, 0.4) is 0 Å². The lowest BCUT2D eigenvalue weighted by Crippen LogP contribution is -2.49. The zero-order valence-corrected chi connectivity index (χ0v) is 15.0. The second-order valence-corrected chi connectivity index (χ2v) is 6.10. The number of Topliss-reactive ketones (excluding diaryl/α,β-unsaturated/α-hetero) is 1. The van der Waals surface area contributed by atoms with Gasteiger partial charge in [0, 0.05) is 18.2 Å². The van der Waals surface area contributed by atoms with Gasteiger partial charge < -0.3 is 15.3 Å². The van der Waals surface area contributed by atoms with Crippen molar-refractivity contribution < 1.29 is 19.5 Å². The molecule has 0 spiro atoms. The molecule has 1 unspecified atom stereocenters. The van der Waals surface area contributed by atoms with Gasteiger partial charge in [0.25, 0.3) is 5.91 Å². The van der Waals surface area contributed by atoms with E-state index in [1.54, 1.807) is 6.07 Å². The van der Waals surface area contributed by atoms with Crippen LogP contribution in [0.2, 0.25) is 0 Å². The lowest BCUT2D eigenvalue weighted by Gasteiger charge is -2.27. The fraction of sp³-hybridized carbons (Fsp3) is 0.250. The van der Waals surface area contributed by atoms with Gasteiger partial charge in [-0.1, -0.05) is 18.2 Å². The average molecular weight is 354 g/mol. The lowest BCUT2D eigenvalue weighted by atomic mass is 10.1. The molecule has 0 heterocycles. The topological polar surface area (TPSA) is 86.7 Å². The number of anilines is 1. The fourth-order valence-corrected chi connectivity index (χ4v) is 2.58. The molecule has 2 N–H and O–H groups in total. The zero-order valence-electron chi connectivity index (χ0n) is 15.0. The number of carbonyl (C=O) groups is 3. The molecule has 0 saturated heterocycles. The summed E-state index contributed by atoms with van der Waals surface area (Å²) in [6, 6.07) is 12.2. The predicted molar refractivity (Wildman–Crippen MR) is 99.2 cm³/mol. The molecule has 2 amide bonds. The van der Waals surface area contributed by atoms with E-state index in [0.29, 0.717) is 11.3 Å². The Morgan fingerprint density at radius 3 is 2.19 bits per heavy atom. The summed E-state index contributed by atoms with van der Waals surface area (Å²) in [5, 5.41) is 12.0. The summed E-state index contributed by atoms with van der Waals surface area (Å²) in [7, 11) is 0.